The van der Waals surface area contributed by atoms with E-state index in [0.717, 1.165) is 5.71 Å². The fraction of sp³-hybridized carbons (Fsp3) is 0.154. The summed E-state index contributed by atoms with van der Waals surface area (Å²) in [7, 11) is 1.84. The van der Waals surface area contributed by atoms with Crippen LogP contribution in [0.3, 0.4) is 0 Å². The van der Waals surface area contributed by atoms with Crippen LogP contribution < -0.4 is 0 Å². The summed E-state index contributed by atoms with van der Waals surface area (Å²) in [6, 6.07) is 12.6. The van der Waals surface area contributed by atoms with Gasteiger partial charge in [-0.1, -0.05) is 35.9 Å². The lowest BCUT2D eigenvalue weighted by Gasteiger charge is -2.03. The van der Waals surface area contributed by atoms with Gasteiger partial charge in [0, 0.05) is 12.6 Å². The molecule has 0 fully saturated rings. The highest BCUT2D eigenvalue weighted by Crippen LogP contribution is 2.16. The summed E-state index contributed by atoms with van der Waals surface area (Å²) >= 11 is 1.72. The summed E-state index contributed by atoms with van der Waals surface area (Å²) in [5.41, 5.74) is 3.54. The summed E-state index contributed by atoms with van der Waals surface area (Å²) in [5.74, 6) is 0. The first-order chi connectivity index (χ1) is 7.31. The van der Waals surface area contributed by atoms with Crippen molar-refractivity contribution in [1.82, 2.24) is 0 Å². The molecular formula is C13H13NS. The van der Waals surface area contributed by atoms with Crippen LogP contribution in [0, 0.1) is 6.92 Å². The van der Waals surface area contributed by atoms with E-state index in [0.29, 0.717) is 0 Å². The molecule has 0 unspecified atom stereocenters. The summed E-state index contributed by atoms with van der Waals surface area (Å²) in [6.45, 7) is 2.09. The van der Waals surface area contributed by atoms with Crippen molar-refractivity contribution in [3.63, 3.8) is 0 Å². The van der Waals surface area contributed by atoms with Crippen LogP contribution in [0.2, 0.25) is 0 Å². The lowest BCUT2D eigenvalue weighted by Crippen LogP contribution is -2.00. The lowest BCUT2D eigenvalue weighted by molar-refractivity contribution is 1.41. The molecule has 0 saturated carbocycles. The predicted molar refractivity (Wildman–Crippen MR) is 67.1 cm³/mol. The monoisotopic (exact) mass is 215 g/mol. The molecule has 76 valence electrons. The van der Waals surface area contributed by atoms with Crippen molar-refractivity contribution >= 4 is 17.0 Å². The van der Waals surface area contributed by atoms with Crippen molar-refractivity contribution in [3.05, 3.63) is 57.8 Å². The number of nitrogens with zero attached hydrogens (tertiary/aromatic N) is 1. The Morgan fingerprint density at radius 1 is 1.13 bits per heavy atom. The molecule has 0 radical (unpaired) electrons. The van der Waals surface area contributed by atoms with E-state index >= 15 is 0 Å². The Labute approximate surface area is 94.1 Å². The second-order valence-corrected chi connectivity index (χ2v) is 4.36. The Balaban J connectivity index is 2.41. The zero-order valence-electron chi connectivity index (χ0n) is 8.90. The molecule has 0 saturated heterocycles. The lowest BCUT2D eigenvalue weighted by atomic mass is 10.1. The van der Waals surface area contributed by atoms with Crippen LogP contribution in [0.1, 0.15) is 16.0 Å². The average Bonchev–Trinajstić information content (AvgIpc) is 2.75. The first-order valence-corrected chi connectivity index (χ1v) is 5.77. The van der Waals surface area contributed by atoms with Gasteiger partial charge < -0.3 is 0 Å². The van der Waals surface area contributed by atoms with Gasteiger partial charge in [-0.05, 0) is 18.4 Å². The van der Waals surface area contributed by atoms with E-state index < -0.39 is 0 Å². The SMILES string of the molecule is CN=C(c1ccc(C)cc1)c1cccs1. The summed E-state index contributed by atoms with van der Waals surface area (Å²) < 4.78 is 0. The van der Waals surface area contributed by atoms with Gasteiger partial charge >= 0.3 is 0 Å². The number of aliphatic imine (C=N–C) groups is 1. The number of thiophene rings is 1. The zero-order valence-corrected chi connectivity index (χ0v) is 9.71. The normalized spacial score (nSPS) is 11.7. The van der Waals surface area contributed by atoms with E-state index in [1.165, 1.54) is 16.0 Å². The van der Waals surface area contributed by atoms with E-state index in [1.54, 1.807) is 11.3 Å². The van der Waals surface area contributed by atoms with E-state index in [4.69, 9.17) is 0 Å². The number of rotatable bonds is 2. The molecule has 1 aromatic carbocycles. The molecule has 0 atom stereocenters. The third-order valence-electron chi connectivity index (χ3n) is 2.30. The molecule has 15 heavy (non-hydrogen) atoms. The van der Waals surface area contributed by atoms with Crippen molar-refractivity contribution in [3.8, 4) is 0 Å². The fourth-order valence-corrected chi connectivity index (χ4v) is 2.29. The predicted octanol–water partition coefficient (Wildman–Crippen LogP) is 3.52. The summed E-state index contributed by atoms with van der Waals surface area (Å²) in [5, 5.41) is 2.08. The molecule has 0 aliphatic rings. The number of hydrogen-bond acceptors (Lipinski definition) is 2. The number of aryl methyl sites for hydroxylation is 1. The molecule has 1 aromatic heterocycles. The second-order valence-electron chi connectivity index (χ2n) is 3.42. The zero-order chi connectivity index (χ0) is 10.7. The highest BCUT2D eigenvalue weighted by molar-refractivity contribution is 7.12. The third kappa shape index (κ3) is 2.16. The minimum atomic E-state index is 1.07. The molecular weight excluding hydrogens is 202 g/mol. The first-order valence-electron chi connectivity index (χ1n) is 4.89. The van der Waals surface area contributed by atoms with Crippen LogP contribution in [-0.2, 0) is 0 Å². The minimum absolute atomic E-state index is 1.07. The molecule has 0 N–H and O–H groups in total. The number of benzene rings is 1. The van der Waals surface area contributed by atoms with E-state index in [-0.39, 0.29) is 0 Å². The third-order valence-corrected chi connectivity index (χ3v) is 3.18. The van der Waals surface area contributed by atoms with Crippen molar-refractivity contribution < 1.29 is 0 Å². The molecule has 0 spiro atoms. The molecule has 2 rings (SSSR count). The average molecular weight is 215 g/mol. The maximum atomic E-state index is 4.36. The van der Waals surface area contributed by atoms with Crippen molar-refractivity contribution in [1.29, 1.82) is 0 Å². The summed E-state index contributed by atoms with van der Waals surface area (Å²) in [6.07, 6.45) is 0. The van der Waals surface area contributed by atoms with Gasteiger partial charge in [-0.25, -0.2) is 0 Å². The maximum Gasteiger partial charge on any atom is 0.0815 e. The van der Waals surface area contributed by atoms with Gasteiger partial charge in [0.15, 0.2) is 0 Å². The van der Waals surface area contributed by atoms with Crippen LogP contribution in [0.4, 0.5) is 0 Å². The van der Waals surface area contributed by atoms with Crippen molar-refractivity contribution in [2.45, 2.75) is 6.92 Å². The Kier molecular flexibility index (Phi) is 2.97. The Morgan fingerprint density at radius 3 is 2.40 bits per heavy atom. The summed E-state index contributed by atoms with van der Waals surface area (Å²) in [4.78, 5) is 5.58. The molecule has 0 amide bonds. The smallest absolute Gasteiger partial charge is 0.0815 e. The van der Waals surface area contributed by atoms with E-state index in [9.17, 15) is 0 Å². The molecule has 1 heterocycles. The quantitative estimate of drug-likeness (QED) is 0.680. The van der Waals surface area contributed by atoms with Gasteiger partial charge in [-0.2, -0.15) is 0 Å². The van der Waals surface area contributed by atoms with Gasteiger partial charge in [-0.15, -0.1) is 11.3 Å². The van der Waals surface area contributed by atoms with Gasteiger partial charge in [0.25, 0.3) is 0 Å². The Bertz CT molecular complexity index is 452. The molecule has 2 aromatic rings. The molecule has 0 bridgehead atoms. The van der Waals surface area contributed by atoms with Crippen LogP contribution in [0.25, 0.3) is 0 Å². The first kappa shape index (κ1) is 10.1. The Hall–Kier alpha value is -1.41. The molecule has 2 heteroatoms. The van der Waals surface area contributed by atoms with E-state index in [2.05, 4.69) is 53.7 Å². The van der Waals surface area contributed by atoms with Crippen LogP contribution in [-0.4, -0.2) is 12.8 Å². The second kappa shape index (κ2) is 4.41. The standard InChI is InChI=1S/C13H13NS/c1-10-5-7-11(8-6-10)13(14-2)12-4-3-9-15-12/h3-9H,1-2H3. The minimum Gasteiger partial charge on any atom is -0.287 e. The van der Waals surface area contributed by atoms with Gasteiger partial charge in [0.1, 0.15) is 0 Å². The molecule has 0 aliphatic heterocycles. The highest BCUT2D eigenvalue weighted by atomic mass is 32.1. The van der Waals surface area contributed by atoms with Gasteiger partial charge in [0.05, 0.1) is 10.6 Å². The van der Waals surface area contributed by atoms with E-state index in [1.807, 2.05) is 7.05 Å². The van der Waals surface area contributed by atoms with Gasteiger partial charge in [0.2, 0.25) is 0 Å². The highest BCUT2D eigenvalue weighted by Gasteiger charge is 2.05. The van der Waals surface area contributed by atoms with Crippen molar-refractivity contribution in [2.75, 3.05) is 7.05 Å². The number of hydrogen-bond donors (Lipinski definition) is 0. The van der Waals surface area contributed by atoms with Crippen LogP contribution in [0.5, 0.6) is 0 Å². The largest absolute Gasteiger partial charge is 0.287 e. The molecule has 1 nitrogen and oxygen atoms in total. The van der Waals surface area contributed by atoms with Crippen molar-refractivity contribution in [2.24, 2.45) is 4.99 Å². The van der Waals surface area contributed by atoms with Gasteiger partial charge in [-0.3, -0.25) is 4.99 Å². The Morgan fingerprint density at radius 2 is 1.87 bits per heavy atom. The van der Waals surface area contributed by atoms with Crippen LogP contribution >= 0.6 is 11.3 Å². The van der Waals surface area contributed by atoms with Crippen LogP contribution in [0.15, 0.2) is 46.8 Å². The fourth-order valence-electron chi connectivity index (χ4n) is 1.51. The maximum absolute atomic E-state index is 4.36. The molecule has 0 aliphatic carbocycles. The topological polar surface area (TPSA) is 12.4 Å².